The van der Waals surface area contributed by atoms with E-state index >= 15 is 0 Å². The van der Waals surface area contributed by atoms with Crippen LogP contribution < -0.4 is 10.1 Å². The van der Waals surface area contributed by atoms with Crippen LogP contribution in [0, 0.1) is 6.92 Å². The minimum atomic E-state index is -0.109. The molecule has 4 rings (SSSR count). The molecule has 3 aromatic rings. The molecule has 0 atom stereocenters. The van der Waals surface area contributed by atoms with Crippen molar-refractivity contribution in [3.63, 3.8) is 0 Å². The van der Waals surface area contributed by atoms with Crippen molar-refractivity contribution in [3.8, 4) is 5.75 Å². The van der Waals surface area contributed by atoms with Crippen LogP contribution in [0.3, 0.4) is 0 Å². The van der Waals surface area contributed by atoms with Gasteiger partial charge in [0.15, 0.2) is 0 Å². The Morgan fingerprint density at radius 2 is 1.74 bits per heavy atom. The van der Waals surface area contributed by atoms with Crippen LogP contribution >= 0.6 is 11.8 Å². The van der Waals surface area contributed by atoms with E-state index in [1.54, 1.807) is 0 Å². The molecule has 1 amide bonds. The average Bonchev–Trinajstić information content (AvgIpc) is 2.81. The minimum absolute atomic E-state index is 0.109. The van der Waals surface area contributed by atoms with E-state index in [4.69, 9.17) is 4.74 Å². The van der Waals surface area contributed by atoms with Crippen molar-refractivity contribution in [2.45, 2.75) is 20.1 Å². The number of carbonyl (C=O) groups excluding carboxylic acids is 1. The van der Waals surface area contributed by atoms with Gasteiger partial charge in [-0.1, -0.05) is 48.5 Å². The zero-order valence-electron chi connectivity index (χ0n) is 17.8. The van der Waals surface area contributed by atoms with Crippen LogP contribution in [0.4, 0.5) is 5.69 Å². The lowest BCUT2D eigenvalue weighted by molar-refractivity contribution is 0.102. The van der Waals surface area contributed by atoms with Gasteiger partial charge in [0.1, 0.15) is 12.4 Å². The molecule has 1 fully saturated rings. The largest absolute Gasteiger partial charge is 0.489 e. The molecular weight excluding hydrogens is 404 g/mol. The van der Waals surface area contributed by atoms with Crippen molar-refractivity contribution in [2.75, 3.05) is 29.9 Å². The maximum absolute atomic E-state index is 13.1. The van der Waals surface area contributed by atoms with Gasteiger partial charge in [-0.25, -0.2) is 0 Å². The first kappa shape index (κ1) is 21.5. The summed E-state index contributed by atoms with van der Waals surface area (Å²) in [5.41, 5.74) is 4.66. The quantitative estimate of drug-likeness (QED) is 0.545. The molecule has 0 bridgehead atoms. The van der Waals surface area contributed by atoms with Crippen molar-refractivity contribution in [1.82, 2.24) is 4.90 Å². The summed E-state index contributed by atoms with van der Waals surface area (Å²) in [6, 6.07) is 23.6. The Morgan fingerprint density at radius 1 is 1.00 bits per heavy atom. The molecule has 160 valence electrons. The van der Waals surface area contributed by atoms with Crippen LogP contribution in [0.25, 0.3) is 0 Å². The Kier molecular flexibility index (Phi) is 7.28. The molecule has 0 aromatic heterocycles. The SMILES string of the molecule is Cc1ccc(CN2CCSCC2)cc1NC(=O)c1ccccc1COc1ccccc1. The van der Waals surface area contributed by atoms with Crippen LogP contribution in [0.15, 0.2) is 72.8 Å². The molecule has 1 heterocycles. The third-order valence-electron chi connectivity index (χ3n) is 5.46. The maximum Gasteiger partial charge on any atom is 0.256 e. The predicted octanol–water partition coefficient (Wildman–Crippen LogP) is 5.38. The van der Waals surface area contributed by atoms with Crippen LogP contribution in [0.5, 0.6) is 5.75 Å². The van der Waals surface area contributed by atoms with Gasteiger partial charge in [-0.05, 0) is 42.3 Å². The number of ether oxygens (including phenoxy) is 1. The molecule has 1 aliphatic heterocycles. The summed E-state index contributed by atoms with van der Waals surface area (Å²) in [7, 11) is 0. The topological polar surface area (TPSA) is 41.6 Å². The fourth-order valence-electron chi connectivity index (χ4n) is 3.65. The lowest BCUT2D eigenvalue weighted by atomic mass is 10.1. The third-order valence-corrected chi connectivity index (χ3v) is 6.40. The van der Waals surface area contributed by atoms with Gasteiger partial charge < -0.3 is 10.1 Å². The second-order valence-electron chi connectivity index (χ2n) is 7.75. The molecule has 0 radical (unpaired) electrons. The zero-order valence-corrected chi connectivity index (χ0v) is 18.7. The lowest BCUT2D eigenvalue weighted by Gasteiger charge is -2.26. The van der Waals surface area contributed by atoms with Gasteiger partial charge in [-0.2, -0.15) is 11.8 Å². The number of amides is 1. The smallest absolute Gasteiger partial charge is 0.256 e. The van der Waals surface area contributed by atoms with E-state index in [9.17, 15) is 4.79 Å². The second kappa shape index (κ2) is 10.5. The summed E-state index contributed by atoms with van der Waals surface area (Å²) < 4.78 is 5.87. The summed E-state index contributed by atoms with van der Waals surface area (Å²) in [6.07, 6.45) is 0. The zero-order chi connectivity index (χ0) is 21.5. The Hall–Kier alpha value is -2.76. The standard InChI is InChI=1S/C26H28N2O2S/c1-20-11-12-21(18-28-13-15-31-16-14-28)17-25(20)27-26(29)24-10-6-5-7-22(24)19-30-23-8-3-2-4-9-23/h2-12,17H,13-16,18-19H2,1H3,(H,27,29). The fraction of sp³-hybridized carbons (Fsp3) is 0.269. The number of rotatable bonds is 7. The highest BCUT2D eigenvalue weighted by Gasteiger charge is 2.15. The first-order valence-corrected chi connectivity index (χ1v) is 11.8. The molecule has 4 nitrogen and oxygen atoms in total. The number of para-hydroxylation sites is 1. The third kappa shape index (κ3) is 5.90. The number of aryl methyl sites for hydroxylation is 1. The summed E-state index contributed by atoms with van der Waals surface area (Å²) in [4.78, 5) is 15.6. The van der Waals surface area contributed by atoms with Gasteiger partial charge >= 0.3 is 0 Å². The number of thioether (sulfide) groups is 1. The Morgan fingerprint density at radius 3 is 2.55 bits per heavy atom. The van der Waals surface area contributed by atoms with Crippen LogP contribution in [-0.4, -0.2) is 35.4 Å². The molecular formula is C26H28N2O2S. The van der Waals surface area contributed by atoms with Crippen molar-refractivity contribution >= 4 is 23.4 Å². The van der Waals surface area contributed by atoms with E-state index in [1.807, 2.05) is 73.3 Å². The number of carbonyl (C=O) groups is 1. The minimum Gasteiger partial charge on any atom is -0.489 e. The predicted molar refractivity (Wildman–Crippen MR) is 129 cm³/mol. The number of nitrogens with one attached hydrogen (secondary N) is 1. The van der Waals surface area contributed by atoms with Gasteiger partial charge in [-0.3, -0.25) is 9.69 Å². The molecule has 31 heavy (non-hydrogen) atoms. The summed E-state index contributed by atoms with van der Waals surface area (Å²) in [5, 5.41) is 3.13. The molecule has 0 aliphatic carbocycles. The summed E-state index contributed by atoms with van der Waals surface area (Å²) >= 11 is 2.02. The van der Waals surface area contributed by atoms with Gasteiger partial charge in [0.25, 0.3) is 5.91 Å². The van der Waals surface area contributed by atoms with Crippen molar-refractivity contribution in [3.05, 3.63) is 95.1 Å². The second-order valence-corrected chi connectivity index (χ2v) is 8.98. The van der Waals surface area contributed by atoms with Gasteiger partial charge in [-0.15, -0.1) is 0 Å². The van der Waals surface area contributed by atoms with E-state index < -0.39 is 0 Å². The van der Waals surface area contributed by atoms with E-state index in [0.29, 0.717) is 12.2 Å². The molecule has 0 saturated carbocycles. The van der Waals surface area contributed by atoms with Crippen LogP contribution in [0.2, 0.25) is 0 Å². The summed E-state index contributed by atoms with van der Waals surface area (Å²) in [6.45, 7) is 5.54. The number of hydrogen-bond donors (Lipinski definition) is 1. The van der Waals surface area contributed by atoms with E-state index in [0.717, 1.165) is 42.2 Å². The molecule has 0 spiro atoms. The molecule has 0 unspecified atom stereocenters. The Labute approximate surface area is 188 Å². The van der Waals surface area contributed by atoms with E-state index in [-0.39, 0.29) is 5.91 Å². The van der Waals surface area contributed by atoms with Crippen LogP contribution in [0.1, 0.15) is 27.0 Å². The highest BCUT2D eigenvalue weighted by Crippen LogP contribution is 2.22. The van der Waals surface area contributed by atoms with E-state index in [2.05, 4.69) is 28.4 Å². The monoisotopic (exact) mass is 432 g/mol. The van der Waals surface area contributed by atoms with Crippen molar-refractivity contribution in [2.24, 2.45) is 0 Å². The number of nitrogens with zero attached hydrogens (tertiary/aromatic N) is 1. The molecule has 1 saturated heterocycles. The Bertz CT molecular complexity index is 1020. The van der Waals surface area contributed by atoms with Crippen molar-refractivity contribution in [1.29, 1.82) is 0 Å². The van der Waals surface area contributed by atoms with Gasteiger partial charge in [0, 0.05) is 48.0 Å². The number of benzene rings is 3. The molecule has 5 heteroatoms. The lowest BCUT2D eigenvalue weighted by Crippen LogP contribution is -2.32. The van der Waals surface area contributed by atoms with Gasteiger partial charge in [0.05, 0.1) is 0 Å². The highest BCUT2D eigenvalue weighted by molar-refractivity contribution is 7.99. The first-order chi connectivity index (χ1) is 15.2. The highest BCUT2D eigenvalue weighted by atomic mass is 32.2. The van der Waals surface area contributed by atoms with E-state index in [1.165, 1.54) is 17.1 Å². The number of anilines is 1. The van der Waals surface area contributed by atoms with Gasteiger partial charge in [0.2, 0.25) is 0 Å². The molecule has 1 aliphatic rings. The normalized spacial score (nSPS) is 14.2. The van der Waals surface area contributed by atoms with Crippen molar-refractivity contribution < 1.29 is 9.53 Å². The first-order valence-electron chi connectivity index (χ1n) is 10.7. The maximum atomic E-state index is 13.1. The molecule has 3 aromatic carbocycles. The summed E-state index contributed by atoms with van der Waals surface area (Å²) in [5.74, 6) is 3.06. The fourth-order valence-corrected chi connectivity index (χ4v) is 4.63. The number of hydrogen-bond acceptors (Lipinski definition) is 4. The Balaban J connectivity index is 1.46. The average molecular weight is 433 g/mol. The molecule has 1 N–H and O–H groups in total. The van der Waals surface area contributed by atoms with Crippen LogP contribution in [-0.2, 0) is 13.2 Å².